The second-order valence-corrected chi connectivity index (χ2v) is 5.57. The number of amides is 2. The van der Waals surface area contributed by atoms with Gasteiger partial charge in [0.2, 0.25) is 5.91 Å². The molecule has 0 aromatic heterocycles. The first-order chi connectivity index (χ1) is 10.1. The van der Waals surface area contributed by atoms with Crippen LogP contribution in [-0.4, -0.2) is 31.4 Å². The van der Waals surface area contributed by atoms with Crippen LogP contribution >= 0.6 is 12.4 Å². The van der Waals surface area contributed by atoms with E-state index in [1.165, 1.54) is 0 Å². The van der Waals surface area contributed by atoms with Crippen molar-refractivity contribution in [3.8, 4) is 0 Å². The van der Waals surface area contributed by atoms with Crippen LogP contribution in [-0.2, 0) is 11.3 Å². The zero-order valence-electron chi connectivity index (χ0n) is 13.0. The molecule has 3 N–H and O–H groups in total. The number of nitrogens with one attached hydrogen (secondary N) is 3. The van der Waals surface area contributed by atoms with Crippen molar-refractivity contribution < 1.29 is 9.59 Å². The lowest BCUT2D eigenvalue weighted by atomic mass is 9.92. The topological polar surface area (TPSA) is 70.2 Å². The summed E-state index contributed by atoms with van der Waals surface area (Å²) in [5.41, 5.74) is 1.55. The number of hydrogen-bond donors (Lipinski definition) is 3. The molecule has 2 atom stereocenters. The maximum Gasteiger partial charge on any atom is 0.251 e. The largest absolute Gasteiger partial charge is 0.355 e. The maximum atomic E-state index is 12.2. The van der Waals surface area contributed by atoms with Gasteiger partial charge in [0.25, 0.3) is 5.91 Å². The van der Waals surface area contributed by atoms with Gasteiger partial charge in [0.15, 0.2) is 0 Å². The number of carbonyl (C=O) groups is 2. The van der Waals surface area contributed by atoms with Crippen LogP contribution in [0.2, 0.25) is 0 Å². The Morgan fingerprint density at radius 1 is 1.36 bits per heavy atom. The van der Waals surface area contributed by atoms with Crippen molar-refractivity contribution in [3.63, 3.8) is 0 Å². The fourth-order valence-corrected chi connectivity index (χ4v) is 2.67. The minimum atomic E-state index is -0.115. The molecule has 1 aromatic carbocycles. The van der Waals surface area contributed by atoms with Crippen molar-refractivity contribution in [2.24, 2.45) is 5.92 Å². The Bertz CT molecular complexity index is 522. The van der Waals surface area contributed by atoms with Crippen LogP contribution in [0.1, 0.15) is 35.7 Å². The average Bonchev–Trinajstić information content (AvgIpc) is 2.52. The fraction of sp³-hybridized carbons (Fsp3) is 0.500. The standard InChI is InChI=1S/C16H23N3O2.ClH/c1-11-8-14(6-7-18-11)16(21)19-10-12-4-3-5-13(9-12)15(20)17-2;/h3-5,9,11,14,18H,6-8,10H2,1-2H3,(H,17,20)(H,19,21);1H/t11-,14-;/m0./s1. The summed E-state index contributed by atoms with van der Waals surface area (Å²) in [4.78, 5) is 23.8. The van der Waals surface area contributed by atoms with Crippen molar-refractivity contribution >= 4 is 24.2 Å². The van der Waals surface area contributed by atoms with E-state index in [2.05, 4.69) is 22.9 Å². The molecule has 6 heteroatoms. The summed E-state index contributed by atoms with van der Waals surface area (Å²) in [5.74, 6) is 0.0763. The molecule has 0 radical (unpaired) electrons. The van der Waals surface area contributed by atoms with Crippen LogP contribution in [0.5, 0.6) is 0 Å². The van der Waals surface area contributed by atoms with E-state index in [9.17, 15) is 9.59 Å². The lowest BCUT2D eigenvalue weighted by Gasteiger charge is -2.27. The molecule has 0 unspecified atom stereocenters. The van der Waals surface area contributed by atoms with E-state index in [0.717, 1.165) is 24.9 Å². The highest BCUT2D eigenvalue weighted by Crippen LogP contribution is 2.16. The summed E-state index contributed by atoms with van der Waals surface area (Å²) in [7, 11) is 1.61. The number of piperidine rings is 1. The van der Waals surface area contributed by atoms with E-state index in [1.807, 2.05) is 18.2 Å². The molecule has 0 spiro atoms. The molecule has 1 aromatic rings. The average molecular weight is 326 g/mol. The number of hydrogen-bond acceptors (Lipinski definition) is 3. The van der Waals surface area contributed by atoms with Gasteiger partial charge in [0.1, 0.15) is 0 Å². The molecule has 0 bridgehead atoms. The SMILES string of the molecule is CNC(=O)c1cccc(CNC(=O)[C@H]2CCN[C@@H](C)C2)c1.Cl. The van der Waals surface area contributed by atoms with Crippen molar-refractivity contribution in [2.45, 2.75) is 32.4 Å². The summed E-state index contributed by atoms with van der Waals surface area (Å²) < 4.78 is 0. The maximum absolute atomic E-state index is 12.2. The predicted molar refractivity (Wildman–Crippen MR) is 89.1 cm³/mol. The fourth-order valence-electron chi connectivity index (χ4n) is 2.67. The molecular formula is C16H24ClN3O2. The van der Waals surface area contributed by atoms with Crippen LogP contribution in [0.25, 0.3) is 0 Å². The summed E-state index contributed by atoms with van der Waals surface area (Å²) in [6.45, 7) is 3.46. The molecular weight excluding hydrogens is 302 g/mol. The van der Waals surface area contributed by atoms with Crippen LogP contribution in [0.15, 0.2) is 24.3 Å². The van der Waals surface area contributed by atoms with Crippen molar-refractivity contribution in [1.29, 1.82) is 0 Å². The molecule has 1 aliphatic rings. The molecule has 122 valence electrons. The Kier molecular flexibility index (Phi) is 7.35. The first-order valence-electron chi connectivity index (χ1n) is 7.42. The summed E-state index contributed by atoms with van der Waals surface area (Å²) >= 11 is 0. The minimum absolute atomic E-state index is 0. The monoisotopic (exact) mass is 325 g/mol. The Labute approximate surface area is 137 Å². The number of benzene rings is 1. The van der Waals surface area contributed by atoms with Gasteiger partial charge >= 0.3 is 0 Å². The Hall–Kier alpha value is -1.59. The normalized spacial score (nSPS) is 20.6. The Morgan fingerprint density at radius 2 is 2.14 bits per heavy atom. The van der Waals surface area contributed by atoms with E-state index in [-0.39, 0.29) is 30.1 Å². The van der Waals surface area contributed by atoms with Gasteiger partial charge in [-0.25, -0.2) is 0 Å². The lowest BCUT2D eigenvalue weighted by Crippen LogP contribution is -2.42. The summed E-state index contributed by atoms with van der Waals surface area (Å²) in [6.07, 6.45) is 1.76. The van der Waals surface area contributed by atoms with Gasteiger partial charge in [-0.2, -0.15) is 0 Å². The van der Waals surface area contributed by atoms with Crippen molar-refractivity contribution in [2.75, 3.05) is 13.6 Å². The quantitative estimate of drug-likeness (QED) is 0.785. The van der Waals surface area contributed by atoms with Gasteiger partial charge in [-0.1, -0.05) is 12.1 Å². The third kappa shape index (κ3) is 5.00. The highest BCUT2D eigenvalue weighted by atomic mass is 35.5. The van der Waals surface area contributed by atoms with E-state index in [0.29, 0.717) is 18.2 Å². The van der Waals surface area contributed by atoms with Gasteiger partial charge < -0.3 is 16.0 Å². The summed E-state index contributed by atoms with van der Waals surface area (Å²) in [5, 5.41) is 8.91. The Morgan fingerprint density at radius 3 is 2.82 bits per heavy atom. The summed E-state index contributed by atoms with van der Waals surface area (Å²) in [6, 6.07) is 7.71. The van der Waals surface area contributed by atoms with E-state index in [4.69, 9.17) is 0 Å². The van der Waals surface area contributed by atoms with E-state index in [1.54, 1.807) is 13.1 Å². The first-order valence-corrected chi connectivity index (χ1v) is 7.42. The van der Waals surface area contributed by atoms with Crippen molar-refractivity contribution in [3.05, 3.63) is 35.4 Å². The highest BCUT2D eigenvalue weighted by molar-refractivity contribution is 5.94. The van der Waals surface area contributed by atoms with Crippen LogP contribution < -0.4 is 16.0 Å². The molecule has 2 amide bonds. The zero-order valence-corrected chi connectivity index (χ0v) is 13.8. The number of halogens is 1. The molecule has 22 heavy (non-hydrogen) atoms. The predicted octanol–water partition coefficient (Wildman–Crippen LogP) is 1.47. The third-order valence-corrected chi connectivity index (χ3v) is 3.88. The van der Waals surface area contributed by atoms with E-state index >= 15 is 0 Å². The van der Waals surface area contributed by atoms with Gasteiger partial charge in [-0.15, -0.1) is 12.4 Å². The van der Waals surface area contributed by atoms with Gasteiger partial charge in [-0.3, -0.25) is 9.59 Å². The second kappa shape index (κ2) is 8.76. The Balaban J connectivity index is 0.00000242. The van der Waals surface area contributed by atoms with Crippen LogP contribution in [0.3, 0.4) is 0 Å². The molecule has 1 heterocycles. The second-order valence-electron chi connectivity index (χ2n) is 5.57. The smallest absolute Gasteiger partial charge is 0.251 e. The molecule has 1 saturated heterocycles. The van der Waals surface area contributed by atoms with Crippen molar-refractivity contribution in [1.82, 2.24) is 16.0 Å². The van der Waals surface area contributed by atoms with Gasteiger partial charge in [0, 0.05) is 31.1 Å². The number of carbonyl (C=O) groups excluding carboxylic acids is 2. The van der Waals surface area contributed by atoms with Gasteiger partial charge in [0.05, 0.1) is 0 Å². The molecule has 1 fully saturated rings. The van der Waals surface area contributed by atoms with Crippen LogP contribution in [0, 0.1) is 5.92 Å². The number of rotatable bonds is 4. The molecule has 2 rings (SSSR count). The van der Waals surface area contributed by atoms with Crippen LogP contribution in [0.4, 0.5) is 0 Å². The first kappa shape index (κ1) is 18.5. The molecule has 0 aliphatic carbocycles. The lowest BCUT2D eigenvalue weighted by molar-refractivity contribution is -0.126. The zero-order chi connectivity index (χ0) is 15.2. The molecule has 5 nitrogen and oxygen atoms in total. The molecule has 1 aliphatic heterocycles. The van der Waals surface area contributed by atoms with E-state index < -0.39 is 0 Å². The highest BCUT2D eigenvalue weighted by Gasteiger charge is 2.24. The minimum Gasteiger partial charge on any atom is -0.355 e. The molecule has 0 saturated carbocycles. The van der Waals surface area contributed by atoms with Gasteiger partial charge in [-0.05, 0) is 44.0 Å². The third-order valence-electron chi connectivity index (χ3n) is 3.88.